The van der Waals surface area contributed by atoms with Gasteiger partial charge < -0.3 is 5.32 Å². The van der Waals surface area contributed by atoms with Gasteiger partial charge in [0.15, 0.2) is 0 Å². The van der Waals surface area contributed by atoms with E-state index in [-0.39, 0.29) is 5.41 Å². The first kappa shape index (κ1) is 11.6. The predicted octanol–water partition coefficient (Wildman–Crippen LogP) is 2.48. The van der Waals surface area contributed by atoms with Crippen LogP contribution in [0.25, 0.3) is 0 Å². The van der Waals surface area contributed by atoms with Crippen molar-refractivity contribution in [2.75, 3.05) is 13.1 Å². The van der Waals surface area contributed by atoms with Crippen LogP contribution in [-0.2, 0) is 5.41 Å². The Morgan fingerprint density at radius 3 is 2.38 bits per heavy atom. The van der Waals surface area contributed by atoms with Crippen molar-refractivity contribution < 1.29 is 0 Å². The maximum Gasteiger partial charge on any atom is 0.0694 e. The molecule has 0 atom stereocenters. The molecule has 3 nitrogen and oxygen atoms in total. The van der Waals surface area contributed by atoms with Gasteiger partial charge in [-0.2, -0.15) is 5.10 Å². The van der Waals surface area contributed by atoms with Crippen LogP contribution in [0.2, 0.25) is 0 Å². The van der Waals surface area contributed by atoms with Crippen LogP contribution in [0.1, 0.15) is 56.5 Å². The standard InChI is InChI=1S/C13H23N3/c1-9-11(13(2,3)4)12(16-15-9)10-5-7-14-8-6-10/h10,14H,5-8H2,1-4H3,(H,15,16). The lowest BCUT2D eigenvalue weighted by Crippen LogP contribution is -2.28. The molecule has 0 aliphatic carbocycles. The van der Waals surface area contributed by atoms with Crippen molar-refractivity contribution in [3.63, 3.8) is 0 Å². The second-order valence-corrected chi connectivity index (χ2v) is 5.88. The number of nitrogens with zero attached hydrogens (tertiary/aromatic N) is 1. The minimum Gasteiger partial charge on any atom is -0.317 e. The molecule has 0 saturated carbocycles. The van der Waals surface area contributed by atoms with Gasteiger partial charge in [-0.3, -0.25) is 5.10 Å². The number of piperidine rings is 1. The summed E-state index contributed by atoms with van der Waals surface area (Å²) in [4.78, 5) is 0. The van der Waals surface area contributed by atoms with Crippen LogP contribution in [-0.4, -0.2) is 23.3 Å². The van der Waals surface area contributed by atoms with Crippen molar-refractivity contribution in [2.45, 2.75) is 51.9 Å². The molecular weight excluding hydrogens is 198 g/mol. The van der Waals surface area contributed by atoms with E-state index in [9.17, 15) is 0 Å². The quantitative estimate of drug-likeness (QED) is 0.765. The Morgan fingerprint density at radius 1 is 1.19 bits per heavy atom. The van der Waals surface area contributed by atoms with Gasteiger partial charge in [-0.05, 0) is 38.3 Å². The van der Waals surface area contributed by atoms with E-state index in [1.165, 1.54) is 29.8 Å². The van der Waals surface area contributed by atoms with E-state index in [0.29, 0.717) is 5.92 Å². The molecule has 1 fully saturated rings. The molecule has 0 bridgehead atoms. The molecule has 90 valence electrons. The Kier molecular flexibility index (Phi) is 3.06. The van der Waals surface area contributed by atoms with Crippen LogP contribution in [0.15, 0.2) is 0 Å². The highest BCUT2D eigenvalue weighted by atomic mass is 15.1. The highest BCUT2D eigenvalue weighted by Crippen LogP contribution is 2.34. The molecule has 1 aliphatic rings. The predicted molar refractivity (Wildman–Crippen MR) is 66.9 cm³/mol. The highest BCUT2D eigenvalue weighted by molar-refractivity contribution is 5.34. The number of aryl methyl sites for hydroxylation is 1. The van der Waals surface area contributed by atoms with Crippen LogP contribution in [0.4, 0.5) is 0 Å². The van der Waals surface area contributed by atoms with Crippen molar-refractivity contribution in [1.29, 1.82) is 0 Å². The summed E-state index contributed by atoms with van der Waals surface area (Å²) >= 11 is 0. The molecule has 0 unspecified atom stereocenters. The number of aromatic amines is 1. The van der Waals surface area contributed by atoms with Crippen molar-refractivity contribution in [3.8, 4) is 0 Å². The summed E-state index contributed by atoms with van der Waals surface area (Å²) in [5.74, 6) is 0.639. The highest BCUT2D eigenvalue weighted by Gasteiger charge is 2.28. The Balaban J connectivity index is 2.33. The first-order valence-electron chi connectivity index (χ1n) is 6.26. The molecule has 0 amide bonds. The van der Waals surface area contributed by atoms with Gasteiger partial charge in [0.1, 0.15) is 0 Å². The maximum absolute atomic E-state index is 4.55. The summed E-state index contributed by atoms with van der Waals surface area (Å²) in [5.41, 5.74) is 4.17. The third-order valence-corrected chi connectivity index (χ3v) is 3.45. The van der Waals surface area contributed by atoms with E-state index in [2.05, 4.69) is 43.2 Å². The molecular formula is C13H23N3. The first-order chi connectivity index (χ1) is 7.50. The molecule has 1 aromatic rings. The fourth-order valence-corrected chi connectivity index (χ4v) is 2.79. The monoisotopic (exact) mass is 221 g/mol. The normalized spacial score (nSPS) is 19.0. The van der Waals surface area contributed by atoms with Crippen molar-refractivity contribution in [3.05, 3.63) is 17.0 Å². The molecule has 2 N–H and O–H groups in total. The fourth-order valence-electron chi connectivity index (χ4n) is 2.79. The zero-order valence-corrected chi connectivity index (χ0v) is 10.9. The fraction of sp³-hybridized carbons (Fsp3) is 0.769. The third-order valence-electron chi connectivity index (χ3n) is 3.45. The number of aromatic nitrogens is 2. The van der Waals surface area contributed by atoms with Crippen LogP contribution in [0, 0.1) is 6.92 Å². The van der Waals surface area contributed by atoms with Crippen LogP contribution < -0.4 is 5.32 Å². The first-order valence-corrected chi connectivity index (χ1v) is 6.26. The van der Waals surface area contributed by atoms with Gasteiger partial charge in [0.05, 0.1) is 5.69 Å². The Labute approximate surface area is 98.0 Å². The number of nitrogens with one attached hydrogen (secondary N) is 2. The van der Waals surface area contributed by atoms with E-state index in [0.717, 1.165) is 13.1 Å². The molecule has 2 heterocycles. The summed E-state index contributed by atoms with van der Waals surface area (Å²) in [6.45, 7) is 11.2. The van der Waals surface area contributed by atoms with E-state index in [1.807, 2.05) is 0 Å². The summed E-state index contributed by atoms with van der Waals surface area (Å²) in [6, 6.07) is 0. The summed E-state index contributed by atoms with van der Waals surface area (Å²) in [6.07, 6.45) is 2.43. The van der Waals surface area contributed by atoms with Gasteiger partial charge in [0, 0.05) is 17.2 Å². The van der Waals surface area contributed by atoms with E-state index >= 15 is 0 Å². The van der Waals surface area contributed by atoms with Gasteiger partial charge in [-0.1, -0.05) is 20.8 Å². The van der Waals surface area contributed by atoms with E-state index in [1.54, 1.807) is 0 Å². The molecule has 1 aromatic heterocycles. The molecule has 0 spiro atoms. The van der Waals surface area contributed by atoms with Gasteiger partial charge in [0.2, 0.25) is 0 Å². The molecule has 0 aromatic carbocycles. The third kappa shape index (κ3) is 2.14. The lowest BCUT2D eigenvalue weighted by Gasteiger charge is -2.26. The molecule has 1 saturated heterocycles. The van der Waals surface area contributed by atoms with Crippen LogP contribution in [0.3, 0.4) is 0 Å². The lowest BCUT2D eigenvalue weighted by atomic mass is 9.80. The number of hydrogen-bond acceptors (Lipinski definition) is 2. The second kappa shape index (κ2) is 4.21. The van der Waals surface area contributed by atoms with E-state index < -0.39 is 0 Å². The second-order valence-electron chi connectivity index (χ2n) is 5.88. The maximum atomic E-state index is 4.55. The molecule has 3 heteroatoms. The molecule has 2 rings (SSSR count). The van der Waals surface area contributed by atoms with Crippen LogP contribution >= 0.6 is 0 Å². The number of rotatable bonds is 1. The number of hydrogen-bond donors (Lipinski definition) is 2. The van der Waals surface area contributed by atoms with Gasteiger partial charge >= 0.3 is 0 Å². The lowest BCUT2D eigenvalue weighted by molar-refractivity contribution is 0.443. The average molecular weight is 221 g/mol. The zero-order valence-electron chi connectivity index (χ0n) is 10.9. The minimum atomic E-state index is 0.192. The van der Waals surface area contributed by atoms with Gasteiger partial charge in [-0.25, -0.2) is 0 Å². The summed E-state index contributed by atoms with van der Waals surface area (Å²) in [5, 5.41) is 11.1. The number of H-pyrrole nitrogens is 1. The Bertz CT molecular complexity index is 354. The van der Waals surface area contributed by atoms with Crippen molar-refractivity contribution in [2.24, 2.45) is 0 Å². The summed E-state index contributed by atoms with van der Waals surface area (Å²) in [7, 11) is 0. The molecule has 0 radical (unpaired) electrons. The summed E-state index contributed by atoms with van der Waals surface area (Å²) < 4.78 is 0. The molecule has 16 heavy (non-hydrogen) atoms. The van der Waals surface area contributed by atoms with E-state index in [4.69, 9.17) is 0 Å². The molecule has 1 aliphatic heterocycles. The zero-order chi connectivity index (χ0) is 11.8. The Hall–Kier alpha value is -0.830. The van der Waals surface area contributed by atoms with Crippen molar-refractivity contribution >= 4 is 0 Å². The average Bonchev–Trinajstić information content (AvgIpc) is 2.61. The van der Waals surface area contributed by atoms with Gasteiger partial charge in [-0.15, -0.1) is 0 Å². The van der Waals surface area contributed by atoms with Crippen LogP contribution in [0.5, 0.6) is 0 Å². The minimum absolute atomic E-state index is 0.192. The SMILES string of the molecule is Cc1[nH]nc(C2CCNCC2)c1C(C)(C)C. The largest absolute Gasteiger partial charge is 0.317 e. The Morgan fingerprint density at radius 2 is 1.81 bits per heavy atom. The van der Waals surface area contributed by atoms with Gasteiger partial charge in [0.25, 0.3) is 0 Å². The smallest absolute Gasteiger partial charge is 0.0694 e. The van der Waals surface area contributed by atoms with Crippen molar-refractivity contribution in [1.82, 2.24) is 15.5 Å². The topological polar surface area (TPSA) is 40.7 Å².